The number of nitrogens with zero attached hydrogens (tertiary/aromatic N) is 2. The number of anilines is 1. The first-order valence-corrected chi connectivity index (χ1v) is 8.35. The molecule has 0 spiro atoms. The maximum atomic E-state index is 12.2. The molecule has 2 aromatic carbocycles. The highest BCUT2D eigenvalue weighted by Gasteiger charge is 2.09. The molecule has 6 nitrogen and oxygen atoms in total. The standard InChI is InChI=1S/C19H17ClN4O2/c1-13-10-11-22-24(13)17-8-2-14(3-9-17)19(26)21-12-18(25)23-16-6-4-15(20)5-7-16/h2-11H,12H2,1H3,(H,21,26)(H,23,25). The van der Waals surface area contributed by atoms with Gasteiger partial charge in [0.1, 0.15) is 0 Å². The van der Waals surface area contributed by atoms with Gasteiger partial charge in [0, 0.05) is 28.2 Å². The molecule has 0 bridgehead atoms. The Kier molecular flexibility index (Phi) is 5.34. The Bertz CT molecular complexity index is 917. The molecule has 26 heavy (non-hydrogen) atoms. The monoisotopic (exact) mass is 368 g/mol. The molecule has 0 saturated heterocycles. The predicted molar refractivity (Wildman–Crippen MR) is 101 cm³/mol. The summed E-state index contributed by atoms with van der Waals surface area (Å²) in [6.07, 6.45) is 1.72. The van der Waals surface area contributed by atoms with Crippen molar-refractivity contribution in [2.24, 2.45) is 0 Å². The number of benzene rings is 2. The van der Waals surface area contributed by atoms with E-state index in [1.54, 1.807) is 47.3 Å². The number of hydrogen-bond acceptors (Lipinski definition) is 3. The van der Waals surface area contributed by atoms with Gasteiger partial charge in [-0.25, -0.2) is 4.68 Å². The van der Waals surface area contributed by atoms with E-state index in [9.17, 15) is 9.59 Å². The lowest BCUT2D eigenvalue weighted by atomic mass is 10.2. The van der Waals surface area contributed by atoms with E-state index >= 15 is 0 Å². The van der Waals surface area contributed by atoms with Crippen LogP contribution in [-0.2, 0) is 4.79 Å². The van der Waals surface area contributed by atoms with Gasteiger partial charge >= 0.3 is 0 Å². The lowest BCUT2D eigenvalue weighted by molar-refractivity contribution is -0.115. The highest BCUT2D eigenvalue weighted by atomic mass is 35.5. The van der Waals surface area contributed by atoms with Crippen molar-refractivity contribution >= 4 is 29.1 Å². The number of aryl methyl sites for hydroxylation is 1. The first-order valence-electron chi connectivity index (χ1n) is 7.97. The van der Waals surface area contributed by atoms with Gasteiger partial charge in [0.05, 0.1) is 12.2 Å². The van der Waals surface area contributed by atoms with Crippen molar-refractivity contribution in [3.63, 3.8) is 0 Å². The molecule has 2 N–H and O–H groups in total. The lowest BCUT2D eigenvalue weighted by Crippen LogP contribution is -2.32. The first kappa shape index (κ1) is 17.7. The van der Waals surface area contributed by atoms with E-state index in [0.717, 1.165) is 11.4 Å². The van der Waals surface area contributed by atoms with E-state index in [1.165, 1.54) is 0 Å². The zero-order chi connectivity index (χ0) is 18.5. The van der Waals surface area contributed by atoms with E-state index in [-0.39, 0.29) is 18.4 Å². The van der Waals surface area contributed by atoms with Crippen molar-refractivity contribution in [3.05, 3.63) is 77.1 Å². The van der Waals surface area contributed by atoms with Gasteiger partial charge in [0.15, 0.2) is 0 Å². The van der Waals surface area contributed by atoms with Crippen molar-refractivity contribution in [1.29, 1.82) is 0 Å². The first-order chi connectivity index (χ1) is 12.5. The van der Waals surface area contributed by atoms with Crippen LogP contribution < -0.4 is 10.6 Å². The minimum Gasteiger partial charge on any atom is -0.343 e. The fourth-order valence-electron chi connectivity index (χ4n) is 2.39. The van der Waals surface area contributed by atoms with Crippen molar-refractivity contribution in [1.82, 2.24) is 15.1 Å². The number of aromatic nitrogens is 2. The van der Waals surface area contributed by atoms with E-state index < -0.39 is 0 Å². The summed E-state index contributed by atoms with van der Waals surface area (Å²) in [6.45, 7) is 1.83. The third-order valence-corrected chi connectivity index (χ3v) is 4.00. The summed E-state index contributed by atoms with van der Waals surface area (Å²) < 4.78 is 1.78. The van der Waals surface area contributed by atoms with Gasteiger partial charge in [-0.15, -0.1) is 0 Å². The van der Waals surface area contributed by atoms with Crippen LogP contribution in [-0.4, -0.2) is 28.1 Å². The summed E-state index contributed by atoms with van der Waals surface area (Å²) in [6, 6.07) is 15.7. The maximum Gasteiger partial charge on any atom is 0.251 e. The molecule has 0 unspecified atom stereocenters. The molecule has 0 aliphatic rings. The third kappa shape index (κ3) is 4.29. The van der Waals surface area contributed by atoms with Crippen LogP contribution in [0.2, 0.25) is 5.02 Å². The number of carbonyl (C=O) groups is 2. The maximum absolute atomic E-state index is 12.2. The number of amides is 2. The molecule has 1 aromatic heterocycles. The molecule has 0 aliphatic carbocycles. The summed E-state index contributed by atoms with van der Waals surface area (Å²) in [7, 11) is 0. The van der Waals surface area contributed by atoms with E-state index in [4.69, 9.17) is 11.6 Å². The van der Waals surface area contributed by atoms with E-state index in [0.29, 0.717) is 16.3 Å². The van der Waals surface area contributed by atoms with Crippen LogP contribution in [0.3, 0.4) is 0 Å². The molecule has 0 radical (unpaired) electrons. The number of halogens is 1. The van der Waals surface area contributed by atoms with Crippen molar-refractivity contribution in [2.45, 2.75) is 6.92 Å². The molecule has 132 valence electrons. The average Bonchev–Trinajstić information content (AvgIpc) is 3.08. The summed E-state index contributed by atoms with van der Waals surface area (Å²) in [5.74, 6) is -0.635. The zero-order valence-corrected chi connectivity index (χ0v) is 14.8. The predicted octanol–water partition coefficient (Wildman–Crippen LogP) is 3.20. The highest BCUT2D eigenvalue weighted by molar-refractivity contribution is 6.30. The second kappa shape index (κ2) is 7.84. The summed E-state index contributed by atoms with van der Waals surface area (Å²) in [4.78, 5) is 24.1. The van der Waals surface area contributed by atoms with Crippen molar-refractivity contribution in [3.8, 4) is 5.69 Å². The number of rotatable bonds is 5. The Hall–Kier alpha value is -3.12. The quantitative estimate of drug-likeness (QED) is 0.726. The minimum atomic E-state index is -0.319. The van der Waals surface area contributed by atoms with Crippen molar-refractivity contribution in [2.75, 3.05) is 11.9 Å². The molecular weight excluding hydrogens is 352 g/mol. The summed E-state index contributed by atoms with van der Waals surface area (Å²) in [5.41, 5.74) is 2.95. The highest BCUT2D eigenvalue weighted by Crippen LogP contribution is 2.13. The fourth-order valence-corrected chi connectivity index (χ4v) is 2.52. The average molecular weight is 369 g/mol. The number of carbonyl (C=O) groups excluding carboxylic acids is 2. The van der Waals surface area contributed by atoms with Crippen LogP contribution in [0.5, 0.6) is 0 Å². The van der Waals surface area contributed by atoms with Gasteiger partial charge in [-0.05, 0) is 61.5 Å². The van der Waals surface area contributed by atoms with Crippen molar-refractivity contribution < 1.29 is 9.59 Å². The van der Waals surface area contributed by atoms with E-state index in [2.05, 4.69) is 15.7 Å². The van der Waals surface area contributed by atoms with Crippen LogP contribution in [0.25, 0.3) is 5.69 Å². The molecule has 2 amide bonds. The Balaban J connectivity index is 1.55. The SMILES string of the molecule is Cc1ccnn1-c1ccc(C(=O)NCC(=O)Nc2ccc(Cl)cc2)cc1. The van der Waals surface area contributed by atoms with Crippen LogP contribution in [0.15, 0.2) is 60.8 Å². The van der Waals surface area contributed by atoms with Crippen LogP contribution in [0.4, 0.5) is 5.69 Å². The van der Waals surface area contributed by atoms with Gasteiger partial charge in [0.2, 0.25) is 5.91 Å². The second-order valence-electron chi connectivity index (χ2n) is 5.67. The Morgan fingerprint density at radius 2 is 1.73 bits per heavy atom. The molecule has 0 aliphatic heterocycles. The van der Waals surface area contributed by atoms with Crippen LogP contribution >= 0.6 is 11.6 Å². The normalized spacial score (nSPS) is 10.4. The molecule has 3 aromatic rings. The van der Waals surface area contributed by atoms with Gasteiger partial charge in [-0.3, -0.25) is 9.59 Å². The lowest BCUT2D eigenvalue weighted by Gasteiger charge is -2.08. The minimum absolute atomic E-state index is 0.124. The van der Waals surface area contributed by atoms with Gasteiger partial charge in [0.25, 0.3) is 5.91 Å². The molecule has 0 atom stereocenters. The smallest absolute Gasteiger partial charge is 0.251 e. The number of hydrogen-bond donors (Lipinski definition) is 2. The van der Waals surface area contributed by atoms with Crippen LogP contribution in [0, 0.1) is 6.92 Å². The second-order valence-corrected chi connectivity index (χ2v) is 6.11. The Morgan fingerprint density at radius 1 is 1.04 bits per heavy atom. The fraction of sp³-hybridized carbons (Fsp3) is 0.105. The topological polar surface area (TPSA) is 76.0 Å². The molecule has 3 rings (SSSR count). The Morgan fingerprint density at radius 3 is 2.35 bits per heavy atom. The molecule has 0 fully saturated rings. The molecule has 1 heterocycles. The zero-order valence-electron chi connectivity index (χ0n) is 14.1. The van der Waals surface area contributed by atoms with Gasteiger partial charge < -0.3 is 10.6 Å². The largest absolute Gasteiger partial charge is 0.343 e. The summed E-state index contributed by atoms with van der Waals surface area (Å²) in [5, 5.41) is 10.1. The Labute approximate surface area is 155 Å². The molecule has 0 saturated carbocycles. The van der Waals surface area contributed by atoms with Gasteiger partial charge in [-0.1, -0.05) is 11.6 Å². The molecular formula is C19H17ClN4O2. The summed E-state index contributed by atoms with van der Waals surface area (Å²) >= 11 is 5.80. The molecule has 7 heteroatoms. The third-order valence-electron chi connectivity index (χ3n) is 3.74. The van der Waals surface area contributed by atoms with Crippen LogP contribution in [0.1, 0.15) is 16.1 Å². The van der Waals surface area contributed by atoms with E-state index in [1.807, 2.05) is 25.1 Å². The van der Waals surface area contributed by atoms with Gasteiger partial charge in [-0.2, -0.15) is 5.10 Å². The number of nitrogens with one attached hydrogen (secondary N) is 2.